The molecule has 1 N–H and O–H groups in total. The van der Waals surface area contributed by atoms with Gasteiger partial charge < -0.3 is 19.4 Å². The van der Waals surface area contributed by atoms with Crippen LogP contribution in [-0.2, 0) is 17.6 Å². The zero-order chi connectivity index (χ0) is 21.3. The molecule has 1 aliphatic rings. The van der Waals surface area contributed by atoms with Crippen molar-refractivity contribution in [2.75, 3.05) is 20.8 Å². The Morgan fingerprint density at radius 2 is 2.07 bits per heavy atom. The smallest absolute Gasteiger partial charge is 0.267 e. The molecule has 30 heavy (non-hydrogen) atoms. The quantitative estimate of drug-likeness (QED) is 0.565. The van der Waals surface area contributed by atoms with Gasteiger partial charge in [-0.25, -0.2) is 8.78 Å². The summed E-state index contributed by atoms with van der Waals surface area (Å²) < 4.78 is 37.6. The maximum Gasteiger partial charge on any atom is 0.267 e. The summed E-state index contributed by atoms with van der Waals surface area (Å²) in [6, 6.07) is 8.79. The molecule has 1 aliphatic heterocycles. The van der Waals surface area contributed by atoms with E-state index in [2.05, 4.69) is 4.98 Å². The van der Waals surface area contributed by atoms with Gasteiger partial charge in [0, 0.05) is 23.6 Å². The molecule has 158 valence electrons. The third kappa shape index (κ3) is 3.60. The third-order valence-corrected chi connectivity index (χ3v) is 5.92. The van der Waals surface area contributed by atoms with Crippen molar-refractivity contribution in [3.8, 4) is 11.5 Å². The first-order valence-electron chi connectivity index (χ1n) is 9.89. The molecular formula is C23H24F2N2O3. The number of benzene rings is 2. The Labute approximate surface area is 173 Å². The predicted molar refractivity (Wildman–Crippen MR) is 110 cm³/mol. The minimum absolute atomic E-state index is 0.133. The molecule has 0 radical (unpaired) electrons. The second kappa shape index (κ2) is 8.34. The number of aromatic amines is 1. The number of ether oxygens (including phenoxy) is 2. The molecule has 0 saturated carbocycles. The lowest BCUT2D eigenvalue weighted by Crippen LogP contribution is -2.34. The van der Waals surface area contributed by atoms with E-state index in [0.29, 0.717) is 25.8 Å². The molecule has 0 saturated heterocycles. The Morgan fingerprint density at radius 3 is 2.77 bits per heavy atom. The van der Waals surface area contributed by atoms with Crippen LogP contribution < -0.4 is 9.47 Å². The lowest BCUT2D eigenvalue weighted by molar-refractivity contribution is -0.120. The Hall–Kier alpha value is -3.09. The Morgan fingerprint density at radius 1 is 1.23 bits per heavy atom. The number of rotatable bonds is 7. The molecule has 0 bridgehead atoms. The summed E-state index contributed by atoms with van der Waals surface area (Å²) in [6.07, 6.45) is 2.08. The molecule has 2 aromatic carbocycles. The van der Waals surface area contributed by atoms with Crippen LogP contribution in [-0.4, -0.2) is 37.1 Å². The molecular weight excluding hydrogens is 390 g/mol. The Bertz CT molecular complexity index is 1060. The molecule has 7 heteroatoms. The van der Waals surface area contributed by atoms with Gasteiger partial charge in [0.15, 0.2) is 0 Å². The highest BCUT2D eigenvalue weighted by Crippen LogP contribution is 2.39. The van der Waals surface area contributed by atoms with Crippen LogP contribution in [0.3, 0.4) is 0 Å². The zero-order valence-electron chi connectivity index (χ0n) is 17.0. The number of hydrogen-bond donors (Lipinski definition) is 1. The maximum atomic E-state index is 13.6. The molecule has 5 nitrogen and oxygen atoms in total. The van der Waals surface area contributed by atoms with Crippen LogP contribution in [0.4, 0.5) is 8.78 Å². The topological polar surface area (TPSA) is 54.6 Å². The molecule has 0 unspecified atom stereocenters. The number of nitrogens with one attached hydrogen (secondary N) is 1. The van der Waals surface area contributed by atoms with Crippen molar-refractivity contribution in [3.05, 3.63) is 58.8 Å². The number of carbonyl (C=O) groups is 1. The van der Waals surface area contributed by atoms with Crippen LogP contribution in [0.5, 0.6) is 11.5 Å². The highest BCUT2D eigenvalue weighted by atomic mass is 19.3. The van der Waals surface area contributed by atoms with Gasteiger partial charge in [-0.3, -0.25) is 4.79 Å². The van der Waals surface area contributed by atoms with E-state index in [1.807, 2.05) is 24.4 Å². The van der Waals surface area contributed by atoms with Crippen LogP contribution in [0.15, 0.2) is 36.5 Å². The van der Waals surface area contributed by atoms with Crippen molar-refractivity contribution >= 4 is 17.3 Å². The van der Waals surface area contributed by atoms with E-state index in [1.54, 1.807) is 18.1 Å². The zero-order valence-corrected chi connectivity index (χ0v) is 17.0. The summed E-state index contributed by atoms with van der Waals surface area (Å²) in [7, 11) is 3.03. The summed E-state index contributed by atoms with van der Waals surface area (Å²) in [5.41, 5.74) is 3.71. The first-order valence-corrected chi connectivity index (χ1v) is 9.89. The van der Waals surface area contributed by atoms with E-state index in [4.69, 9.17) is 9.47 Å². The van der Waals surface area contributed by atoms with Gasteiger partial charge in [0.1, 0.15) is 11.5 Å². The van der Waals surface area contributed by atoms with Gasteiger partial charge in [0.05, 0.1) is 25.8 Å². The molecule has 3 aromatic rings. The van der Waals surface area contributed by atoms with Gasteiger partial charge in [-0.05, 0) is 66.3 Å². The number of aryl methyl sites for hydroxylation is 1. The first kappa shape index (κ1) is 20.2. The SMILES string of the molecule is COc1ccc2[nH]cc(CC[C@H]3c4cc(C(F)F)c(OC)cc4CCN3C=O)c2c1. The number of methoxy groups -OCH3 is 2. The summed E-state index contributed by atoms with van der Waals surface area (Å²) >= 11 is 0. The van der Waals surface area contributed by atoms with Crippen LogP contribution in [0, 0.1) is 0 Å². The third-order valence-electron chi connectivity index (χ3n) is 5.92. The van der Waals surface area contributed by atoms with Crippen LogP contribution >= 0.6 is 0 Å². The van der Waals surface area contributed by atoms with Crippen molar-refractivity contribution in [1.82, 2.24) is 9.88 Å². The van der Waals surface area contributed by atoms with Gasteiger partial charge in [-0.1, -0.05) is 0 Å². The maximum absolute atomic E-state index is 13.6. The number of amides is 1. The van der Waals surface area contributed by atoms with Crippen molar-refractivity contribution in [2.24, 2.45) is 0 Å². The standard InChI is InChI=1S/C23H24F2N2O3/c1-29-16-4-5-20-17(10-16)15(12-26-20)3-6-21-18-11-19(23(24)25)22(30-2)9-14(18)7-8-27(21)13-28/h4-5,9-13,21,23,26H,3,6-8H2,1-2H3/t21-/m0/s1. The summed E-state index contributed by atoms with van der Waals surface area (Å²) in [4.78, 5) is 16.7. The summed E-state index contributed by atoms with van der Waals surface area (Å²) in [5.74, 6) is 0.973. The van der Waals surface area contributed by atoms with E-state index >= 15 is 0 Å². The second-order valence-electron chi connectivity index (χ2n) is 7.47. The lowest BCUT2D eigenvalue weighted by atomic mass is 9.87. The average molecular weight is 414 g/mol. The summed E-state index contributed by atoms with van der Waals surface area (Å²) in [6.45, 7) is 0.556. The van der Waals surface area contributed by atoms with Gasteiger partial charge in [0.25, 0.3) is 6.43 Å². The Balaban J connectivity index is 1.67. The van der Waals surface area contributed by atoms with Crippen molar-refractivity contribution < 1.29 is 23.0 Å². The second-order valence-corrected chi connectivity index (χ2v) is 7.47. The fourth-order valence-corrected chi connectivity index (χ4v) is 4.35. The molecule has 1 atom stereocenters. The van der Waals surface area contributed by atoms with Crippen LogP contribution in [0.2, 0.25) is 0 Å². The summed E-state index contributed by atoms with van der Waals surface area (Å²) in [5, 5.41) is 1.06. The fourth-order valence-electron chi connectivity index (χ4n) is 4.35. The molecule has 1 aromatic heterocycles. The molecule has 0 fully saturated rings. The fraction of sp³-hybridized carbons (Fsp3) is 0.348. The van der Waals surface area contributed by atoms with Crippen LogP contribution in [0.25, 0.3) is 10.9 Å². The first-order chi connectivity index (χ1) is 14.5. The number of aromatic nitrogens is 1. The number of nitrogens with zero attached hydrogens (tertiary/aromatic N) is 1. The number of fused-ring (bicyclic) bond motifs is 2. The van der Waals surface area contributed by atoms with E-state index in [0.717, 1.165) is 39.8 Å². The number of carbonyl (C=O) groups excluding carboxylic acids is 1. The number of halogens is 2. The lowest BCUT2D eigenvalue weighted by Gasteiger charge is -2.35. The van der Waals surface area contributed by atoms with Crippen molar-refractivity contribution in [3.63, 3.8) is 0 Å². The number of hydrogen-bond acceptors (Lipinski definition) is 3. The molecule has 1 amide bonds. The van der Waals surface area contributed by atoms with Gasteiger partial charge in [-0.15, -0.1) is 0 Å². The number of alkyl halides is 2. The van der Waals surface area contributed by atoms with E-state index in [1.165, 1.54) is 13.2 Å². The van der Waals surface area contributed by atoms with Crippen molar-refractivity contribution in [1.29, 1.82) is 0 Å². The highest BCUT2D eigenvalue weighted by Gasteiger charge is 2.29. The molecule has 0 aliphatic carbocycles. The molecule has 4 rings (SSSR count). The minimum Gasteiger partial charge on any atom is -0.497 e. The van der Waals surface area contributed by atoms with E-state index in [-0.39, 0.29) is 17.4 Å². The monoisotopic (exact) mass is 414 g/mol. The normalized spacial score (nSPS) is 16.0. The average Bonchev–Trinajstić information content (AvgIpc) is 3.18. The predicted octanol–water partition coefficient (Wildman–Crippen LogP) is 4.81. The molecule has 2 heterocycles. The van der Waals surface area contributed by atoms with E-state index in [9.17, 15) is 13.6 Å². The van der Waals surface area contributed by atoms with Gasteiger partial charge in [0.2, 0.25) is 6.41 Å². The van der Waals surface area contributed by atoms with Gasteiger partial charge >= 0.3 is 0 Å². The molecule has 0 spiro atoms. The van der Waals surface area contributed by atoms with Crippen molar-refractivity contribution in [2.45, 2.75) is 31.7 Å². The highest BCUT2D eigenvalue weighted by molar-refractivity contribution is 5.84. The largest absolute Gasteiger partial charge is 0.497 e. The number of H-pyrrole nitrogens is 1. The van der Waals surface area contributed by atoms with Gasteiger partial charge in [-0.2, -0.15) is 0 Å². The van der Waals surface area contributed by atoms with E-state index < -0.39 is 6.43 Å². The van der Waals surface area contributed by atoms with Crippen LogP contribution in [0.1, 0.15) is 41.1 Å². The minimum atomic E-state index is -2.64. The Kier molecular flexibility index (Phi) is 5.61.